The average molecular weight is 212 g/mol. The van der Waals surface area contributed by atoms with E-state index in [0.717, 1.165) is 24.4 Å². The van der Waals surface area contributed by atoms with Gasteiger partial charge in [-0.1, -0.05) is 0 Å². The number of aryl methyl sites for hydroxylation is 3. The maximum atomic E-state index is 8.89. The van der Waals surface area contributed by atoms with Crippen LogP contribution in [-0.4, -0.2) is 15.0 Å². The number of H-pyrrole nitrogens is 1. The number of nitrogens with one attached hydrogen (secondary N) is 1. The number of aromatic amines is 1. The van der Waals surface area contributed by atoms with Crippen molar-refractivity contribution >= 4 is 0 Å². The van der Waals surface area contributed by atoms with Gasteiger partial charge in [0.2, 0.25) is 0 Å². The smallest absolute Gasteiger partial charge is 0.161 e. The second kappa shape index (κ2) is 4.58. The molecule has 4 nitrogen and oxygen atoms in total. The first-order chi connectivity index (χ1) is 7.79. The van der Waals surface area contributed by atoms with E-state index >= 15 is 0 Å². The van der Waals surface area contributed by atoms with Gasteiger partial charge in [-0.05, 0) is 37.5 Å². The fourth-order valence-electron chi connectivity index (χ4n) is 1.63. The van der Waals surface area contributed by atoms with Crippen LogP contribution in [0.4, 0.5) is 0 Å². The fourth-order valence-corrected chi connectivity index (χ4v) is 1.63. The van der Waals surface area contributed by atoms with Crippen LogP contribution >= 0.6 is 0 Å². The molecule has 80 valence electrons. The zero-order valence-corrected chi connectivity index (χ0v) is 9.07. The van der Waals surface area contributed by atoms with Crippen LogP contribution in [0.3, 0.4) is 0 Å². The third kappa shape index (κ3) is 2.26. The van der Waals surface area contributed by atoms with Crippen LogP contribution in [0.15, 0.2) is 24.5 Å². The van der Waals surface area contributed by atoms with Gasteiger partial charge < -0.3 is 4.98 Å². The Morgan fingerprint density at radius 3 is 2.75 bits per heavy atom. The molecule has 0 unspecified atom stereocenters. The summed E-state index contributed by atoms with van der Waals surface area (Å²) >= 11 is 0. The van der Waals surface area contributed by atoms with Gasteiger partial charge in [0.15, 0.2) is 5.69 Å². The van der Waals surface area contributed by atoms with Crippen molar-refractivity contribution in [1.82, 2.24) is 15.0 Å². The number of imidazole rings is 1. The molecule has 4 heteroatoms. The molecule has 0 radical (unpaired) electrons. The third-order valence-electron chi connectivity index (χ3n) is 2.42. The summed E-state index contributed by atoms with van der Waals surface area (Å²) in [4.78, 5) is 11.2. The molecule has 16 heavy (non-hydrogen) atoms. The van der Waals surface area contributed by atoms with E-state index < -0.39 is 0 Å². The van der Waals surface area contributed by atoms with Crippen LogP contribution in [0, 0.1) is 18.3 Å². The van der Waals surface area contributed by atoms with Gasteiger partial charge in [0.1, 0.15) is 11.9 Å². The van der Waals surface area contributed by atoms with Crippen LogP contribution in [0.2, 0.25) is 0 Å². The van der Waals surface area contributed by atoms with E-state index in [1.54, 1.807) is 12.4 Å². The van der Waals surface area contributed by atoms with E-state index in [4.69, 9.17) is 5.26 Å². The maximum absolute atomic E-state index is 8.89. The summed E-state index contributed by atoms with van der Waals surface area (Å²) in [5, 5.41) is 8.89. The molecule has 0 fully saturated rings. The predicted molar refractivity (Wildman–Crippen MR) is 59.7 cm³/mol. The van der Waals surface area contributed by atoms with Crippen molar-refractivity contribution in [3.8, 4) is 6.07 Å². The molecule has 2 rings (SSSR count). The zero-order valence-electron chi connectivity index (χ0n) is 9.07. The molecule has 2 aromatic rings. The summed E-state index contributed by atoms with van der Waals surface area (Å²) in [6.07, 6.45) is 5.24. The maximum Gasteiger partial charge on any atom is 0.161 e. The van der Waals surface area contributed by atoms with Gasteiger partial charge in [0.05, 0.1) is 5.69 Å². The fraction of sp³-hybridized carbons (Fsp3) is 0.250. The lowest BCUT2D eigenvalue weighted by Crippen LogP contribution is -1.94. The first-order valence-electron chi connectivity index (χ1n) is 5.14. The van der Waals surface area contributed by atoms with Gasteiger partial charge in [-0.2, -0.15) is 5.26 Å². The van der Waals surface area contributed by atoms with Gasteiger partial charge in [-0.15, -0.1) is 0 Å². The summed E-state index contributed by atoms with van der Waals surface area (Å²) < 4.78 is 0. The van der Waals surface area contributed by atoms with Crippen LogP contribution in [0.5, 0.6) is 0 Å². The van der Waals surface area contributed by atoms with Crippen molar-refractivity contribution in [2.75, 3.05) is 0 Å². The zero-order chi connectivity index (χ0) is 11.4. The molecule has 0 aliphatic rings. The van der Waals surface area contributed by atoms with E-state index in [1.807, 2.05) is 19.1 Å². The van der Waals surface area contributed by atoms with Gasteiger partial charge in [-0.25, -0.2) is 4.98 Å². The van der Waals surface area contributed by atoms with Gasteiger partial charge in [-0.3, -0.25) is 4.98 Å². The van der Waals surface area contributed by atoms with Crippen LogP contribution in [-0.2, 0) is 12.8 Å². The third-order valence-corrected chi connectivity index (χ3v) is 2.42. The quantitative estimate of drug-likeness (QED) is 0.843. The molecule has 0 bridgehead atoms. The van der Waals surface area contributed by atoms with Crippen LogP contribution < -0.4 is 0 Å². The number of hydrogen-bond donors (Lipinski definition) is 1. The number of aromatic nitrogens is 3. The molecule has 0 aliphatic carbocycles. The summed E-state index contributed by atoms with van der Waals surface area (Å²) in [5.74, 6) is 0.793. The lowest BCUT2D eigenvalue weighted by molar-refractivity contribution is 0.913. The molecule has 0 saturated carbocycles. The Balaban J connectivity index is 2.08. The molecule has 0 amide bonds. The Morgan fingerprint density at radius 2 is 2.06 bits per heavy atom. The molecule has 1 N–H and O–H groups in total. The summed E-state index contributed by atoms with van der Waals surface area (Å²) in [6, 6.07) is 6.06. The topological polar surface area (TPSA) is 65.4 Å². The van der Waals surface area contributed by atoms with E-state index in [-0.39, 0.29) is 0 Å². The highest BCUT2D eigenvalue weighted by molar-refractivity contribution is 5.28. The summed E-state index contributed by atoms with van der Waals surface area (Å²) in [5.41, 5.74) is 2.63. The van der Waals surface area contributed by atoms with E-state index in [0.29, 0.717) is 5.69 Å². The molecule has 0 atom stereocenters. The number of rotatable bonds is 3. The van der Waals surface area contributed by atoms with E-state index in [1.165, 1.54) is 5.56 Å². The molecular weight excluding hydrogens is 200 g/mol. The van der Waals surface area contributed by atoms with Crippen LogP contribution in [0.25, 0.3) is 0 Å². The molecule has 0 aliphatic heterocycles. The number of pyridine rings is 1. The molecule has 0 aromatic carbocycles. The van der Waals surface area contributed by atoms with Crippen molar-refractivity contribution in [3.05, 3.63) is 47.3 Å². The highest BCUT2D eigenvalue weighted by Gasteiger charge is 2.07. The molecule has 0 saturated heterocycles. The Bertz CT molecular complexity index is 508. The van der Waals surface area contributed by atoms with Gasteiger partial charge >= 0.3 is 0 Å². The number of nitriles is 1. The van der Waals surface area contributed by atoms with Crippen molar-refractivity contribution in [3.63, 3.8) is 0 Å². The Kier molecular flexibility index (Phi) is 2.97. The number of nitrogens with zero attached hydrogens (tertiary/aromatic N) is 3. The monoisotopic (exact) mass is 212 g/mol. The normalized spacial score (nSPS) is 10.0. The number of hydrogen-bond acceptors (Lipinski definition) is 3. The molecule has 2 heterocycles. The predicted octanol–water partition coefficient (Wildman–Crippen LogP) is 1.77. The first kappa shape index (κ1) is 10.4. The Morgan fingerprint density at radius 1 is 1.31 bits per heavy atom. The molecular formula is C12H12N4. The molecule has 0 spiro atoms. The molecule has 2 aromatic heterocycles. The Labute approximate surface area is 94.0 Å². The van der Waals surface area contributed by atoms with E-state index in [2.05, 4.69) is 21.0 Å². The minimum Gasteiger partial charge on any atom is -0.345 e. The lowest BCUT2D eigenvalue weighted by atomic mass is 10.1. The van der Waals surface area contributed by atoms with Gasteiger partial charge in [0, 0.05) is 12.4 Å². The second-order valence-corrected chi connectivity index (χ2v) is 3.62. The largest absolute Gasteiger partial charge is 0.345 e. The second-order valence-electron chi connectivity index (χ2n) is 3.62. The van der Waals surface area contributed by atoms with Crippen molar-refractivity contribution in [2.24, 2.45) is 0 Å². The highest BCUT2D eigenvalue weighted by Crippen LogP contribution is 2.09. The lowest BCUT2D eigenvalue weighted by Gasteiger charge is -1.99. The van der Waals surface area contributed by atoms with Crippen LogP contribution in [0.1, 0.15) is 22.8 Å². The first-order valence-corrected chi connectivity index (χ1v) is 5.14. The average Bonchev–Trinajstić information content (AvgIpc) is 2.68. The standard InChI is InChI=1S/C12H12N4/c1-9-15-11(12(8-13)16-9)3-2-10-4-6-14-7-5-10/h4-7H,2-3H2,1H3,(H,15,16). The summed E-state index contributed by atoms with van der Waals surface area (Å²) in [7, 11) is 0. The van der Waals surface area contributed by atoms with Crippen molar-refractivity contribution in [2.45, 2.75) is 19.8 Å². The van der Waals surface area contributed by atoms with Crippen molar-refractivity contribution in [1.29, 1.82) is 5.26 Å². The van der Waals surface area contributed by atoms with E-state index in [9.17, 15) is 0 Å². The minimum atomic E-state index is 0.506. The summed E-state index contributed by atoms with van der Waals surface area (Å²) in [6.45, 7) is 1.86. The van der Waals surface area contributed by atoms with Crippen molar-refractivity contribution < 1.29 is 0 Å². The van der Waals surface area contributed by atoms with Gasteiger partial charge in [0.25, 0.3) is 0 Å². The SMILES string of the molecule is Cc1nc(C#N)c(CCc2ccncc2)[nH]1. The minimum absolute atomic E-state index is 0.506. The Hall–Kier alpha value is -2.15. The highest BCUT2D eigenvalue weighted by atomic mass is 14.9.